The standard InChI is InChI=1S/C19H26O/c1-13-10-11-16(12-14(13)2)18-9-5-7-15-6-3-4-8-17(15)19(18)20/h3-4,6,8,13-14,16,18H,5,7,9-12H2,1-2H3. The molecule has 2 aliphatic carbocycles. The number of benzene rings is 1. The third-order valence-electron chi connectivity index (χ3n) is 5.79. The molecule has 4 unspecified atom stereocenters. The number of rotatable bonds is 1. The molecule has 0 aromatic heterocycles. The summed E-state index contributed by atoms with van der Waals surface area (Å²) in [6, 6.07) is 8.27. The molecule has 0 amide bonds. The Labute approximate surface area is 122 Å². The van der Waals surface area contributed by atoms with Gasteiger partial charge in [-0.15, -0.1) is 0 Å². The van der Waals surface area contributed by atoms with E-state index in [-0.39, 0.29) is 5.92 Å². The molecule has 4 atom stereocenters. The van der Waals surface area contributed by atoms with E-state index in [2.05, 4.69) is 26.0 Å². The number of ketones is 1. The van der Waals surface area contributed by atoms with Crippen LogP contribution in [0.3, 0.4) is 0 Å². The highest BCUT2D eigenvalue weighted by Gasteiger charge is 2.35. The molecule has 0 saturated heterocycles. The fraction of sp³-hybridized carbons (Fsp3) is 0.632. The van der Waals surface area contributed by atoms with E-state index in [0.29, 0.717) is 11.7 Å². The molecule has 0 heterocycles. The van der Waals surface area contributed by atoms with E-state index < -0.39 is 0 Å². The minimum absolute atomic E-state index is 0.286. The Morgan fingerprint density at radius 2 is 1.80 bits per heavy atom. The molecule has 0 radical (unpaired) electrons. The van der Waals surface area contributed by atoms with Crippen LogP contribution in [0.5, 0.6) is 0 Å². The molecule has 108 valence electrons. The summed E-state index contributed by atoms with van der Waals surface area (Å²) >= 11 is 0. The lowest BCUT2D eigenvalue weighted by molar-refractivity contribution is 0.0783. The van der Waals surface area contributed by atoms with E-state index >= 15 is 0 Å². The van der Waals surface area contributed by atoms with Crippen LogP contribution in [0.15, 0.2) is 24.3 Å². The highest BCUT2D eigenvalue weighted by atomic mass is 16.1. The second-order valence-corrected chi connectivity index (χ2v) is 7.05. The molecule has 1 aromatic carbocycles. The average molecular weight is 270 g/mol. The van der Waals surface area contributed by atoms with Crippen LogP contribution in [0.1, 0.15) is 61.9 Å². The maximum absolute atomic E-state index is 12.9. The Bertz CT molecular complexity index is 490. The van der Waals surface area contributed by atoms with Crippen molar-refractivity contribution in [2.75, 3.05) is 0 Å². The molecule has 1 nitrogen and oxygen atoms in total. The van der Waals surface area contributed by atoms with Gasteiger partial charge in [0.25, 0.3) is 0 Å². The van der Waals surface area contributed by atoms with Crippen LogP contribution in [0.4, 0.5) is 0 Å². The Kier molecular flexibility index (Phi) is 3.96. The lowest BCUT2D eigenvalue weighted by Gasteiger charge is -2.36. The van der Waals surface area contributed by atoms with E-state index in [1.165, 1.54) is 31.2 Å². The minimum atomic E-state index is 0.286. The monoisotopic (exact) mass is 270 g/mol. The quantitative estimate of drug-likeness (QED) is 0.664. The number of fused-ring (bicyclic) bond motifs is 1. The first-order valence-electron chi connectivity index (χ1n) is 8.29. The van der Waals surface area contributed by atoms with Crippen molar-refractivity contribution >= 4 is 5.78 Å². The lowest BCUT2D eigenvalue weighted by atomic mass is 9.69. The number of carbonyl (C=O) groups is 1. The summed E-state index contributed by atoms with van der Waals surface area (Å²) in [5, 5.41) is 0. The molecule has 1 aromatic rings. The second kappa shape index (κ2) is 5.71. The van der Waals surface area contributed by atoms with E-state index in [9.17, 15) is 4.79 Å². The van der Waals surface area contributed by atoms with Crippen LogP contribution < -0.4 is 0 Å². The van der Waals surface area contributed by atoms with Gasteiger partial charge in [0.15, 0.2) is 5.78 Å². The zero-order chi connectivity index (χ0) is 14.1. The number of hydrogen-bond acceptors (Lipinski definition) is 1. The van der Waals surface area contributed by atoms with Gasteiger partial charge >= 0.3 is 0 Å². The van der Waals surface area contributed by atoms with Crippen LogP contribution in [-0.2, 0) is 6.42 Å². The molecule has 0 spiro atoms. The highest BCUT2D eigenvalue weighted by Crippen LogP contribution is 2.41. The summed E-state index contributed by atoms with van der Waals surface area (Å²) in [6.45, 7) is 4.73. The first-order valence-corrected chi connectivity index (χ1v) is 8.29. The SMILES string of the molecule is CC1CCC(C2CCCc3ccccc3C2=O)CC1C. The first-order chi connectivity index (χ1) is 9.66. The molecule has 1 fully saturated rings. The minimum Gasteiger partial charge on any atom is -0.294 e. The van der Waals surface area contributed by atoms with Crippen LogP contribution in [0, 0.1) is 23.7 Å². The third-order valence-corrected chi connectivity index (χ3v) is 5.79. The molecule has 20 heavy (non-hydrogen) atoms. The van der Waals surface area contributed by atoms with Crippen molar-refractivity contribution in [3.63, 3.8) is 0 Å². The number of carbonyl (C=O) groups excluding carboxylic acids is 1. The van der Waals surface area contributed by atoms with Crippen LogP contribution in [0.25, 0.3) is 0 Å². The van der Waals surface area contributed by atoms with Gasteiger partial charge < -0.3 is 0 Å². The van der Waals surface area contributed by atoms with Crippen LogP contribution in [-0.4, -0.2) is 5.78 Å². The van der Waals surface area contributed by atoms with Crippen molar-refractivity contribution in [1.29, 1.82) is 0 Å². The summed E-state index contributed by atoms with van der Waals surface area (Å²) in [7, 11) is 0. The number of hydrogen-bond donors (Lipinski definition) is 0. The largest absolute Gasteiger partial charge is 0.294 e. The lowest BCUT2D eigenvalue weighted by Crippen LogP contribution is -2.30. The summed E-state index contributed by atoms with van der Waals surface area (Å²) in [5.74, 6) is 2.96. The first kappa shape index (κ1) is 13.9. The Morgan fingerprint density at radius 3 is 2.60 bits per heavy atom. The maximum atomic E-state index is 12.9. The Balaban J connectivity index is 1.82. The van der Waals surface area contributed by atoms with Gasteiger partial charge in [0, 0.05) is 11.5 Å². The van der Waals surface area contributed by atoms with E-state index in [0.717, 1.165) is 30.2 Å². The normalized spacial score (nSPS) is 34.4. The fourth-order valence-electron chi connectivity index (χ4n) is 4.23. The second-order valence-electron chi connectivity index (χ2n) is 7.05. The molecular weight excluding hydrogens is 244 g/mol. The molecule has 0 aliphatic heterocycles. The van der Waals surface area contributed by atoms with Crippen molar-refractivity contribution in [3.8, 4) is 0 Å². The van der Waals surface area contributed by atoms with Crippen molar-refractivity contribution in [1.82, 2.24) is 0 Å². The molecule has 1 saturated carbocycles. The summed E-state index contributed by atoms with van der Waals surface area (Å²) < 4.78 is 0. The summed E-state index contributed by atoms with van der Waals surface area (Å²) in [6.07, 6.45) is 7.16. The van der Waals surface area contributed by atoms with Crippen LogP contribution in [0.2, 0.25) is 0 Å². The van der Waals surface area contributed by atoms with E-state index in [1.807, 2.05) is 12.1 Å². The smallest absolute Gasteiger partial charge is 0.166 e. The summed E-state index contributed by atoms with van der Waals surface area (Å²) in [4.78, 5) is 12.9. The molecular formula is C19H26O. The van der Waals surface area contributed by atoms with Gasteiger partial charge in [0.1, 0.15) is 0 Å². The molecule has 0 N–H and O–H groups in total. The van der Waals surface area contributed by atoms with Crippen molar-refractivity contribution in [2.45, 2.75) is 52.4 Å². The average Bonchev–Trinajstić information content (AvgIpc) is 2.62. The van der Waals surface area contributed by atoms with Crippen molar-refractivity contribution in [2.24, 2.45) is 23.7 Å². The van der Waals surface area contributed by atoms with Gasteiger partial charge in [0.05, 0.1) is 0 Å². The summed E-state index contributed by atoms with van der Waals surface area (Å²) in [5.41, 5.74) is 2.29. The van der Waals surface area contributed by atoms with Crippen molar-refractivity contribution in [3.05, 3.63) is 35.4 Å². The van der Waals surface area contributed by atoms with E-state index in [1.54, 1.807) is 0 Å². The van der Waals surface area contributed by atoms with Gasteiger partial charge in [0.2, 0.25) is 0 Å². The van der Waals surface area contributed by atoms with Gasteiger partial charge in [-0.3, -0.25) is 4.79 Å². The Morgan fingerprint density at radius 1 is 1.00 bits per heavy atom. The molecule has 3 rings (SSSR count). The molecule has 0 bridgehead atoms. The number of Topliss-reactive ketones (excluding diaryl/α,β-unsaturated/α-hetero) is 1. The fourth-order valence-corrected chi connectivity index (χ4v) is 4.23. The zero-order valence-electron chi connectivity index (χ0n) is 12.8. The van der Waals surface area contributed by atoms with Gasteiger partial charge in [-0.25, -0.2) is 0 Å². The topological polar surface area (TPSA) is 17.1 Å². The maximum Gasteiger partial charge on any atom is 0.166 e. The zero-order valence-corrected chi connectivity index (χ0v) is 12.8. The molecule has 1 heteroatoms. The van der Waals surface area contributed by atoms with Gasteiger partial charge in [-0.05, 0) is 55.4 Å². The Hall–Kier alpha value is -1.11. The van der Waals surface area contributed by atoms with Crippen LogP contribution >= 0.6 is 0 Å². The van der Waals surface area contributed by atoms with Crippen molar-refractivity contribution < 1.29 is 4.79 Å². The predicted octanol–water partition coefficient (Wildman–Crippen LogP) is 4.89. The number of aryl methyl sites for hydroxylation is 1. The van der Waals surface area contributed by atoms with E-state index in [4.69, 9.17) is 0 Å². The molecule has 2 aliphatic rings. The van der Waals surface area contributed by atoms with Gasteiger partial charge in [-0.2, -0.15) is 0 Å². The highest BCUT2D eigenvalue weighted by molar-refractivity contribution is 5.99. The third kappa shape index (κ3) is 2.55. The predicted molar refractivity (Wildman–Crippen MR) is 82.9 cm³/mol. The van der Waals surface area contributed by atoms with Gasteiger partial charge in [-0.1, -0.05) is 44.5 Å².